The van der Waals surface area contributed by atoms with E-state index in [1.807, 2.05) is 13.0 Å². The van der Waals surface area contributed by atoms with E-state index in [0.717, 1.165) is 63.0 Å². The minimum absolute atomic E-state index is 0.539. The summed E-state index contributed by atoms with van der Waals surface area (Å²) >= 11 is 0. The van der Waals surface area contributed by atoms with Crippen LogP contribution < -0.4 is 14.8 Å². The highest BCUT2D eigenvalue weighted by Crippen LogP contribution is 2.29. The highest BCUT2D eigenvalue weighted by Gasteiger charge is 2.10. The quantitative estimate of drug-likeness (QED) is 0.636. The van der Waals surface area contributed by atoms with Crippen LogP contribution in [-0.2, 0) is 17.9 Å². The van der Waals surface area contributed by atoms with Gasteiger partial charge in [-0.25, -0.2) is 0 Å². The van der Waals surface area contributed by atoms with E-state index in [1.165, 1.54) is 11.1 Å². The van der Waals surface area contributed by atoms with Crippen LogP contribution in [0.3, 0.4) is 0 Å². The second-order valence-electron chi connectivity index (χ2n) is 7.12. The third-order valence-corrected chi connectivity index (χ3v) is 4.86. The second-order valence-corrected chi connectivity index (χ2v) is 7.12. The van der Waals surface area contributed by atoms with Gasteiger partial charge in [-0.2, -0.15) is 0 Å². The molecule has 1 fully saturated rings. The molecule has 152 valence electrons. The molecule has 0 aromatic heterocycles. The van der Waals surface area contributed by atoms with Gasteiger partial charge < -0.3 is 19.5 Å². The molecule has 0 saturated carbocycles. The van der Waals surface area contributed by atoms with E-state index in [-0.39, 0.29) is 0 Å². The van der Waals surface area contributed by atoms with Crippen LogP contribution in [0.15, 0.2) is 42.5 Å². The van der Waals surface area contributed by atoms with Crippen molar-refractivity contribution < 1.29 is 14.2 Å². The lowest BCUT2D eigenvalue weighted by Gasteiger charge is -2.26. The van der Waals surface area contributed by atoms with E-state index >= 15 is 0 Å². The Morgan fingerprint density at radius 1 is 0.964 bits per heavy atom. The Hall–Kier alpha value is -2.08. The molecule has 5 heteroatoms. The fourth-order valence-electron chi connectivity index (χ4n) is 3.19. The molecule has 5 nitrogen and oxygen atoms in total. The lowest BCUT2D eigenvalue weighted by Crippen LogP contribution is -2.40. The largest absolute Gasteiger partial charge is 0.490 e. The maximum absolute atomic E-state index is 6.01. The molecular weight excluding hydrogens is 352 g/mol. The minimum atomic E-state index is 0.539. The molecule has 1 heterocycles. The molecule has 1 aliphatic heterocycles. The van der Waals surface area contributed by atoms with Gasteiger partial charge in [0.05, 0.1) is 19.8 Å². The van der Waals surface area contributed by atoms with Gasteiger partial charge in [0.25, 0.3) is 0 Å². The van der Waals surface area contributed by atoms with E-state index in [9.17, 15) is 0 Å². The van der Waals surface area contributed by atoms with Crippen LogP contribution in [0.1, 0.15) is 23.6 Å². The van der Waals surface area contributed by atoms with Crippen molar-refractivity contribution >= 4 is 0 Å². The average molecular weight is 385 g/mol. The third kappa shape index (κ3) is 6.51. The number of benzene rings is 2. The van der Waals surface area contributed by atoms with Gasteiger partial charge in [0.2, 0.25) is 0 Å². The molecule has 0 atom stereocenters. The first-order valence-corrected chi connectivity index (χ1v) is 10.2. The predicted octanol–water partition coefficient (Wildman–Crippen LogP) is 3.39. The summed E-state index contributed by atoms with van der Waals surface area (Å²) < 4.78 is 17.2. The Kier molecular flexibility index (Phi) is 8.15. The summed E-state index contributed by atoms with van der Waals surface area (Å²) in [7, 11) is 0. The number of ether oxygens (including phenoxy) is 3. The highest BCUT2D eigenvalue weighted by molar-refractivity contribution is 5.43. The smallest absolute Gasteiger partial charge is 0.161 e. The molecule has 2 aromatic carbocycles. The lowest BCUT2D eigenvalue weighted by atomic mass is 10.1. The average Bonchev–Trinajstić information content (AvgIpc) is 2.73. The Balaban J connectivity index is 1.50. The summed E-state index contributed by atoms with van der Waals surface area (Å²) in [4.78, 5) is 2.43. The molecule has 2 aromatic rings. The molecule has 1 saturated heterocycles. The number of hydrogen-bond donors (Lipinski definition) is 1. The first-order valence-electron chi connectivity index (χ1n) is 10.2. The van der Waals surface area contributed by atoms with Crippen LogP contribution >= 0.6 is 0 Å². The molecule has 0 spiro atoms. The topological polar surface area (TPSA) is 43.0 Å². The number of nitrogens with zero attached hydrogens (tertiary/aromatic N) is 1. The van der Waals surface area contributed by atoms with Crippen LogP contribution in [0.25, 0.3) is 0 Å². The summed E-state index contributed by atoms with van der Waals surface area (Å²) in [6.07, 6.45) is 0. The zero-order chi connectivity index (χ0) is 19.6. The van der Waals surface area contributed by atoms with Gasteiger partial charge in [-0.05, 0) is 37.1 Å². The van der Waals surface area contributed by atoms with Crippen LogP contribution in [0.2, 0.25) is 0 Å². The van der Waals surface area contributed by atoms with E-state index < -0.39 is 0 Å². The van der Waals surface area contributed by atoms with Gasteiger partial charge in [-0.3, -0.25) is 4.90 Å². The van der Waals surface area contributed by atoms with Crippen molar-refractivity contribution in [3.05, 3.63) is 59.2 Å². The summed E-state index contributed by atoms with van der Waals surface area (Å²) in [5.41, 5.74) is 3.61. The number of rotatable bonds is 10. The van der Waals surface area contributed by atoms with Gasteiger partial charge in [0.1, 0.15) is 6.61 Å². The molecule has 1 aliphatic rings. The van der Waals surface area contributed by atoms with E-state index in [4.69, 9.17) is 14.2 Å². The first-order chi connectivity index (χ1) is 13.7. The molecule has 0 bridgehead atoms. The molecule has 3 rings (SSSR count). The molecule has 0 amide bonds. The van der Waals surface area contributed by atoms with Gasteiger partial charge in [-0.1, -0.05) is 35.9 Å². The van der Waals surface area contributed by atoms with Crippen molar-refractivity contribution in [1.29, 1.82) is 0 Å². The van der Waals surface area contributed by atoms with E-state index in [1.54, 1.807) is 0 Å². The predicted molar refractivity (Wildman–Crippen MR) is 112 cm³/mol. The first kappa shape index (κ1) is 20.6. The van der Waals surface area contributed by atoms with Crippen LogP contribution in [0.4, 0.5) is 0 Å². The molecule has 0 aliphatic carbocycles. The minimum Gasteiger partial charge on any atom is -0.490 e. The third-order valence-electron chi connectivity index (χ3n) is 4.86. The Morgan fingerprint density at radius 2 is 1.71 bits per heavy atom. The number of morpholine rings is 1. The molecule has 1 N–H and O–H groups in total. The Labute approximate surface area is 168 Å². The standard InChI is InChI=1S/C23H32N2O3/c1-3-27-23-16-21(17-24-10-11-25-12-14-26-15-13-25)8-9-22(23)28-18-20-6-4-19(2)5-7-20/h4-9,16,24H,3,10-15,17-18H2,1-2H3. The van der Waals surface area contributed by atoms with Crippen molar-refractivity contribution in [1.82, 2.24) is 10.2 Å². The van der Waals surface area contributed by atoms with Gasteiger partial charge in [0.15, 0.2) is 11.5 Å². The van der Waals surface area contributed by atoms with Crippen molar-refractivity contribution in [2.45, 2.75) is 27.0 Å². The molecular formula is C23H32N2O3. The summed E-state index contributed by atoms with van der Waals surface area (Å²) in [6, 6.07) is 14.6. The van der Waals surface area contributed by atoms with Gasteiger partial charge in [0, 0.05) is 32.7 Å². The van der Waals surface area contributed by atoms with Crippen molar-refractivity contribution in [3.63, 3.8) is 0 Å². The zero-order valence-corrected chi connectivity index (χ0v) is 17.1. The molecule has 28 heavy (non-hydrogen) atoms. The highest BCUT2D eigenvalue weighted by atomic mass is 16.5. The van der Waals surface area contributed by atoms with Crippen molar-refractivity contribution in [2.24, 2.45) is 0 Å². The Morgan fingerprint density at radius 3 is 2.46 bits per heavy atom. The number of hydrogen-bond acceptors (Lipinski definition) is 5. The maximum Gasteiger partial charge on any atom is 0.161 e. The fraction of sp³-hybridized carbons (Fsp3) is 0.478. The van der Waals surface area contributed by atoms with Gasteiger partial charge in [-0.15, -0.1) is 0 Å². The monoisotopic (exact) mass is 384 g/mol. The normalized spacial score (nSPS) is 14.8. The summed E-state index contributed by atoms with van der Waals surface area (Å²) in [5.74, 6) is 1.60. The van der Waals surface area contributed by atoms with Gasteiger partial charge >= 0.3 is 0 Å². The summed E-state index contributed by atoms with van der Waals surface area (Å²) in [6.45, 7) is 11.8. The second kappa shape index (κ2) is 11.1. The molecule has 0 unspecified atom stereocenters. The Bertz CT molecular complexity index is 712. The number of aryl methyl sites for hydroxylation is 1. The van der Waals surface area contributed by atoms with Crippen molar-refractivity contribution in [3.8, 4) is 11.5 Å². The molecule has 0 radical (unpaired) electrons. The van der Waals surface area contributed by atoms with Crippen LogP contribution in [0.5, 0.6) is 11.5 Å². The van der Waals surface area contributed by atoms with Crippen LogP contribution in [-0.4, -0.2) is 50.9 Å². The van der Waals surface area contributed by atoms with Crippen molar-refractivity contribution in [2.75, 3.05) is 46.0 Å². The van der Waals surface area contributed by atoms with E-state index in [2.05, 4.69) is 53.5 Å². The fourth-order valence-corrected chi connectivity index (χ4v) is 3.19. The zero-order valence-electron chi connectivity index (χ0n) is 17.1. The maximum atomic E-state index is 6.01. The van der Waals surface area contributed by atoms with E-state index in [0.29, 0.717) is 13.2 Å². The summed E-state index contributed by atoms with van der Waals surface area (Å²) in [5, 5.41) is 3.52. The number of nitrogens with one attached hydrogen (secondary N) is 1. The SMILES string of the molecule is CCOc1cc(CNCCN2CCOCC2)ccc1OCc1ccc(C)cc1. The van der Waals surface area contributed by atoms with Crippen LogP contribution in [0, 0.1) is 6.92 Å². The lowest BCUT2D eigenvalue weighted by molar-refractivity contribution is 0.0384.